The first-order valence-electron chi connectivity index (χ1n) is 10.8. The minimum atomic E-state index is -0.613. The summed E-state index contributed by atoms with van der Waals surface area (Å²) in [5.41, 5.74) is 0.190. The largest absolute Gasteiger partial charge is 0.360 e. The molecule has 5 rings (SSSR count). The molecule has 2 bridgehead atoms. The van der Waals surface area contributed by atoms with Crippen molar-refractivity contribution in [1.82, 2.24) is 14.8 Å². The Morgan fingerprint density at radius 3 is 2.70 bits per heavy atom. The van der Waals surface area contributed by atoms with Crippen molar-refractivity contribution in [1.29, 1.82) is 0 Å². The molecule has 5 heterocycles. The molecular weight excluding hydrogens is 402 g/mol. The third-order valence-electron chi connectivity index (χ3n) is 7.13. The molecule has 3 saturated heterocycles. The summed E-state index contributed by atoms with van der Waals surface area (Å²) in [6, 6.07) is 0. The van der Waals surface area contributed by atoms with Crippen LogP contribution in [0, 0.1) is 18.8 Å². The van der Waals surface area contributed by atoms with E-state index in [1.54, 1.807) is 11.8 Å². The fourth-order valence-electron chi connectivity index (χ4n) is 5.60. The number of thiazole rings is 1. The van der Waals surface area contributed by atoms with E-state index in [1.165, 1.54) is 11.3 Å². The Morgan fingerprint density at radius 1 is 1.33 bits per heavy atom. The summed E-state index contributed by atoms with van der Waals surface area (Å²) in [5.74, 6) is -0.380. The van der Waals surface area contributed by atoms with Crippen LogP contribution >= 0.6 is 11.3 Å². The third kappa shape index (κ3) is 2.80. The number of aryl methyl sites for hydroxylation is 1. The van der Waals surface area contributed by atoms with E-state index in [4.69, 9.17) is 4.74 Å². The molecule has 0 N–H and O–H groups in total. The first-order chi connectivity index (χ1) is 14.3. The Hall–Kier alpha value is -2.06. The molecule has 1 spiro atoms. The molecule has 8 heteroatoms. The van der Waals surface area contributed by atoms with Crippen LogP contribution in [-0.2, 0) is 14.3 Å². The first-order valence-corrected chi connectivity index (χ1v) is 11.6. The van der Waals surface area contributed by atoms with Crippen LogP contribution in [0.5, 0.6) is 0 Å². The molecular formula is C22H27N3O4S. The van der Waals surface area contributed by atoms with Crippen LogP contribution in [0.15, 0.2) is 12.2 Å². The van der Waals surface area contributed by atoms with E-state index in [9.17, 15) is 14.4 Å². The van der Waals surface area contributed by atoms with Gasteiger partial charge in [-0.3, -0.25) is 14.4 Å². The number of nitrogens with zero attached hydrogens (tertiary/aromatic N) is 3. The molecule has 1 aromatic heterocycles. The number of fused-ring (bicyclic) bond motifs is 1. The predicted octanol–water partition coefficient (Wildman–Crippen LogP) is 2.16. The Kier molecular flexibility index (Phi) is 4.63. The number of amides is 2. The highest BCUT2D eigenvalue weighted by Gasteiger charge is 2.67. The smallest absolute Gasteiger partial charge is 0.230 e. The van der Waals surface area contributed by atoms with Crippen LogP contribution in [-0.4, -0.2) is 70.3 Å². The lowest BCUT2D eigenvalue weighted by Crippen LogP contribution is -2.48. The molecule has 0 aliphatic carbocycles. The van der Waals surface area contributed by atoms with E-state index in [1.807, 2.05) is 30.9 Å². The van der Waals surface area contributed by atoms with Gasteiger partial charge in [0.05, 0.1) is 40.1 Å². The molecule has 2 amide bonds. The molecule has 7 nitrogen and oxygen atoms in total. The van der Waals surface area contributed by atoms with E-state index in [2.05, 4.69) is 4.98 Å². The Bertz CT molecular complexity index is 948. The molecule has 0 aromatic carbocycles. The van der Waals surface area contributed by atoms with Gasteiger partial charge in [-0.25, -0.2) is 4.98 Å². The summed E-state index contributed by atoms with van der Waals surface area (Å²) < 4.78 is 6.18. The summed E-state index contributed by atoms with van der Waals surface area (Å²) >= 11 is 1.49. The van der Waals surface area contributed by atoms with Gasteiger partial charge in [0.1, 0.15) is 5.60 Å². The molecule has 3 fully saturated rings. The van der Waals surface area contributed by atoms with Gasteiger partial charge in [-0.15, -0.1) is 11.3 Å². The number of hydrogen-bond donors (Lipinski definition) is 0. The van der Waals surface area contributed by atoms with Gasteiger partial charge in [-0.05, 0) is 26.7 Å². The maximum Gasteiger partial charge on any atom is 0.230 e. The van der Waals surface area contributed by atoms with E-state index in [0.29, 0.717) is 26.2 Å². The van der Waals surface area contributed by atoms with Crippen LogP contribution in [0.25, 0.3) is 0 Å². The fourth-order valence-corrected chi connectivity index (χ4v) is 6.74. The number of carbonyl (C=O) groups excluding carboxylic acids is 3. The average Bonchev–Trinajstić information content (AvgIpc) is 3.47. The molecule has 4 aliphatic heterocycles. The molecule has 160 valence electrons. The summed E-state index contributed by atoms with van der Waals surface area (Å²) in [7, 11) is 0. The molecule has 4 atom stereocenters. The Morgan fingerprint density at radius 2 is 2.07 bits per heavy atom. The van der Waals surface area contributed by atoms with Gasteiger partial charge >= 0.3 is 0 Å². The van der Waals surface area contributed by atoms with E-state index in [0.717, 1.165) is 28.4 Å². The van der Waals surface area contributed by atoms with E-state index < -0.39 is 17.4 Å². The molecule has 30 heavy (non-hydrogen) atoms. The summed E-state index contributed by atoms with van der Waals surface area (Å²) in [6.45, 7) is 7.91. The zero-order chi connectivity index (χ0) is 21.2. The van der Waals surface area contributed by atoms with E-state index >= 15 is 0 Å². The quantitative estimate of drug-likeness (QED) is 0.541. The number of likely N-dealkylation sites (tertiary alicyclic amines) is 2. The van der Waals surface area contributed by atoms with Gasteiger partial charge in [0.15, 0.2) is 5.78 Å². The monoisotopic (exact) mass is 429 g/mol. The van der Waals surface area contributed by atoms with Crippen molar-refractivity contribution in [2.24, 2.45) is 11.8 Å². The molecule has 1 aromatic rings. The lowest BCUT2D eigenvalue weighted by atomic mass is 9.76. The number of piperidine rings is 1. The Balaban J connectivity index is 1.29. The van der Waals surface area contributed by atoms with Crippen molar-refractivity contribution in [3.63, 3.8) is 0 Å². The number of carbonyl (C=O) groups is 3. The number of ketones is 1. The van der Waals surface area contributed by atoms with Crippen molar-refractivity contribution in [3.8, 4) is 0 Å². The average molecular weight is 430 g/mol. The van der Waals surface area contributed by atoms with Crippen LogP contribution in [0.2, 0.25) is 0 Å². The first kappa shape index (κ1) is 19.9. The van der Waals surface area contributed by atoms with Crippen molar-refractivity contribution < 1.29 is 19.1 Å². The topological polar surface area (TPSA) is 79.8 Å². The van der Waals surface area contributed by atoms with Crippen molar-refractivity contribution in [2.75, 3.05) is 26.2 Å². The van der Waals surface area contributed by atoms with E-state index in [-0.39, 0.29) is 29.6 Å². The maximum atomic E-state index is 13.4. The van der Waals surface area contributed by atoms with Crippen LogP contribution in [0.1, 0.15) is 53.0 Å². The highest BCUT2D eigenvalue weighted by atomic mass is 32.1. The minimum Gasteiger partial charge on any atom is -0.360 e. The zero-order valence-electron chi connectivity index (χ0n) is 17.6. The van der Waals surface area contributed by atoms with Gasteiger partial charge in [0, 0.05) is 32.5 Å². The lowest BCUT2D eigenvalue weighted by molar-refractivity contribution is -0.144. The Labute approximate surface area is 180 Å². The van der Waals surface area contributed by atoms with Crippen molar-refractivity contribution in [3.05, 3.63) is 27.7 Å². The number of ether oxygens (including phenoxy) is 1. The standard InChI is InChI=1S/C22H27N3O4S/c1-4-24-11-22-8-5-15(29-22)16(17(22)21(24)28)20(27)25-9-6-14(7-10-25)19-23-12(2)18(30-19)13(3)26/h5,8,14-17H,4,6-7,9-11H2,1-3H3/t15-,16-,17-,22-/m1/s1. The predicted molar refractivity (Wildman–Crippen MR) is 111 cm³/mol. The highest BCUT2D eigenvalue weighted by molar-refractivity contribution is 7.13. The van der Waals surface area contributed by atoms with Gasteiger partial charge in [0.2, 0.25) is 11.8 Å². The number of rotatable bonds is 4. The third-order valence-corrected chi connectivity index (χ3v) is 8.56. The second-order valence-corrected chi connectivity index (χ2v) is 9.91. The van der Waals surface area contributed by atoms with Gasteiger partial charge < -0.3 is 14.5 Å². The van der Waals surface area contributed by atoms with Crippen molar-refractivity contribution in [2.45, 2.75) is 51.2 Å². The van der Waals surface area contributed by atoms with Crippen LogP contribution in [0.4, 0.5) is 0 Å². The minimum absolute atomic E-state index is 0.0423. The molecule has 0 radical (unpaired) electrons. The van der Waals surface area contributed by atoms with Gasteiger partial charge in [-0.1, -0.05) is 12.2 Å². The van der Waals surface area contributed by atoms with Gasteiger partial charge in [0.25, 0.3) is 0 Å². The lowest BCUT2D eigenvalue weighted by Gasteiger charge is -2.35. The number of hydrogen-bond acceptors (Lipinski definition) is 6. The molecule has 0 saturated carbocycles. The van der Waals surface area contributed by atoms with Crippen LogP contribution < -0.4 is 0 Å². The zero-order valence-corrected chi connectivity index (χ0v) is 18.4. The number of aromatic nitrogens is 1. The molecule has 4 aliphatic rings. The van der Waals surface area contributed by atoms with Crippen molar-refractivity contribution >= 4 is 28.9 Å². The highest BCUT2D eigenvalue weighted by Crippen LogP contribution is 2.52. The second kappa shape index (κ2) is 6.99. The van der Waals surface area contributed by atoms with Gasteiger partial charge in [-0.2, -0.15) is 0 Å². The SMILES string of the molecule is CCN1C[C@@]23C=C[C@@H](O2)[C@@H](C(=O)N2CCC(c4nc(C)c(C(C)=O)s4)CC2)[C@@H]3C1=O. The number of Topliss-reactive ketones (excluding diaryl/α,β-unsaturated/α-hetero) is 1. The van der Waals surface area contributed by atoms with Crippen LogP contribution in [0.3, 0.4) is 0 Å². The normalized spacial score (nSPS) is 32.9. The molecule has 0 unspecified atom stereocenters. The summed E-state index contributed by atoms with van der Waals surface area (Å²) in [6.07, 6.45) is 5.34. The second-order valence-electron chi connectivity index (χ2n) is 8.87. The maximum absolute atomic E-state index is 13.4. The summed E-state index contributed by atoms with van der Waals surface area (Å²) in [5, 5.41) is 1.000. The number of likely N-dealkylation sites (N-methyl/N-ethyl adjacent to an activating group) is 1. The summed E-state index contributed by atoms with van der Waals surface area (Å²) in [4.78, 5) is 47.2. The fraction of sp³-hybridized carbons (Fsp3) is 0.636.